The Morgan fingerprint density at radius 3 is 2.55 bits per heavy atom. The number of phenolic OH excluding ortho intramolecular Hbond substituents is 1. The minimum atomic E-state index is -0.611. The summed E-state index contributed by atoms with van der Waals surface area (Å²) in [6.45, 7) is 5.76. The highest BCUT2D eigenvalue weighted by Gasteiger charge is 2.29. The van der Waals surface area contributed by atoms with Gasteiger partial charge >= 0.3 is 5.69 Å². The number of carbonyl (C=O) groups is 2. The first-order chi connectivity index (χ1) is 13.6. The summed E-state index contributed by atoms with van der Waals surface area (Å²) in [6.07, 6.45) is 3.74. The van der Waals surface area contributed by atoms with Crippen LogP contribution in [0.1, 0.15) is 38.3 Å². The second-order valence-corrected chi connectivity index (χ2v) is 8.23. The summed E-state index contributed by atoms with van der Waals surface area (Å²) in [5, 5.41) is 23.6. The average Bonchev–Trinajstić information content (AvgIpc) is 2.99. The lowest BCUT2D eigenvalue weighted by molar-refractivity contribution is -0.385. The van der Waals surface area contributed by atoms with Gasteiger partial charge < -0.3 is 5.11 Å². The Labute approximate surface area is 171 Å². The summed E-state index contributed by atoms with van der Waals surface area (Å²) in [5.74, 6) is -0.787. The summed E-state index contributed by atoms with van der Waals surface area (Å²) < 4.78 is 0. The van der Waals surface area contributed by atoms with E-state index in [-0.39, 0.29) is 16.3 Å². The zero-order chi connectivity index (χ0) is 21.3. The number of amides is 2. The molecule has 0 bridgehead atoms. The molecule has 150 valence electrons. The van der Waals surface area contributed by atoms with E-state index in [2.05, 4.69) is 10.3 Å². The molecule has 8 nitrogen and oxygen atoms in total. The largest absolute Gasteiger partial charge is 0.502 e. The Morgan fingerprint density at radius 2 is 2.03 bits per heavy atom. The van der Waals surface area contributed by atoms with Crippen LogP contribution < -0.4 is 5.32 Å². The third-order valence-corrected chi connectivity index (χ3v) is 5.73. The Balaban J connectivity index is 2.02. The molecule has 2 amide bonds. The summed E-state index contributed by atoms with van der Waals surface area (Å²) in [5.41, 5.74) is 1.26. The van der Waals surface area contributed by atoms with Crippen LogP contribution in [0.4, 0.5) is 10.5 Å². The van der Waals surface area contributed by atoms with E-state index < -0.39 is 21.5 Å². The lowest BCUT2D eigenvalue weighted by Gasteiger charge is -2.24. The number of rotatable bonds is 5. The number of hydrogen-bond donors (Lipinski definition) is 2. The molecule has 0 aliphatic carbocycles. The van der Waals surface area contributed by atoms with Crippen molar-refractivity contribution in [2.45, 2.75) is 32.6 Å². The van der Waals surface area contributed by atoms with E-state index in [1.54, 1.807) is 24.3 Å². The summed E-state index contributed by atoms with van der Waals surface area (Å²) in [7, 11) is 0. The molecule has 0 atom stereocenters. The highest BCUT2D eigenvalue weighted by Crippen LogP contribution is 2.42. The maximum atomic E-state index is 11.6. The fourth-order valence-corrected chi connectivity index (χ4v) is 3.53. The van der Waals surface area contributed by atoms with E-state index in [4.69, 9.17) is 0 Å². The smallest absolute Gasteiger partial charge is 0.311 e. The topological polar surface area (TPSA) is 122 Å². The number of pyridine rings is 1. The molecule has 9 heteroatoms. The van der Waals surface area contributed by atoms with Crippen molar-refractivity contribution in [2.75, 3.05) is 0 Å². The number of aromatic hydroxyl groups is 1. The van der Waals surface area contributed by atoms with Crippen LogP contribution in [0.15, 0.2) is 35.4 Å². The molecule has 2 heterocycles. The van der Waals surface area contributed by atoms with Crippen LogP contribution in [0.25, 0.3) is 17.3 Å². The van der Waals surface area contributed by atoms with Crippen LogP contribution in [-0.4, -0.2) is 26.2 Å². The van der Waals surface area contributed by atoms with Crippen molar-refractivity contribution < 1.29 is 19.6 Å². The second-order valence-electron chi connectivity index (χ2n) is 7.22. The van der Waals surface area contributed by atoms with Gasteiger partial charge in [0.2, 0.25) is 0 Å². The Morgan fingerprint density at radius 1 is 1.31 bits per heavy atom. The number of thioether (sulfide) groups is 1. The van der Waals surface area contributed by atoms with Crippen LogP contribution in [0.2, 0.25) is 0 Å². The number of aromatic nitrogens is 1. The number of nitrogens with one attached hydrogen (secondary N) is 1. The van der Waals surface area contributed by atoms with E-state index in [0.717, 1.165) is 11.8 Å². The molecule has 1 aromatic carbocycles. The Bertz CT molecular complexity index is 1040. The number of benzene rings is 1. The van der Waals surface area contributed by atoms with Crippen LogP contribution in [0.3, 0.4) is 0 Å². The number of hydrogen-bond acceptors (Lipinski definition) is 7. The first-order valence-corrected chi connectivity index (χ1v) is 9.67. The third-order valence-electron chi connectivity index (χ3n) is 4.92. The minimum Gasteiger partial charge on any atom is -0.502 e. The molecular formula is C20H19N3O5S. The molecule has 2 N–H and O–H groups in total. The molecule has 0 unspecified atom stereocenters. The van der Waals surface area contributed by atoms with Gasteiger partial charge in [0.15, 0.2) is 5.75 Å². The molecule has 1 aliphatic rings. The molecule has 29 heavy (non-hydrogen) atoms. The van der Waals surface area contributed by atoms with E-state index in [1.165, 1.54) is 12.3 Å². The van der Waals surface area contributed by atoms with Gasteiger partial charge in [-0.15, -0.1) is 0 Å². The predicted molar refractivity (Wildman–Crippen MR) is 110 cm³/mol. The highest BCUT2D eigenvalue weighted by atomic mass is 32.2. The van der Waals surface area contributed by atoms with Gasteiger partial charge in [-0.05, 0) is 47.4 Å². The fraction of sp³-hybridized carbons (Fsp3) is 0.250. The van der Waals surface area contributed by atoms with Gasteiger partial charge in [0.1, 0.15) is 0 Å². The van der Waals surface area contributed by atoms with Gasteiger partial charge in [-0.25, -0.2) is 0 Å². The van der Waals surface area contributed by atoms with E-state index in [0.29, 0.717) is 28.8 Å². The quantitative estimate of drug-likeness (QED) is 0.424. The van der Waals surface area contributed by atoms with Gasteiger partial charge in [0, 0.05) is 23.4 Å². The van der Waals surface area contributed by atoms with Gasteiger partial charge in [-0.1, -0.05) is 26.8 Å². The van der Waals surface area contributed by atoms with Crippen molar-refractivity contribution in [2.24, 2.45) is 0 Å². The van der Waals surface area contributed by atoms with Crippen LogP contribution >= 0.6 is 11.8 Å². The minimum absolute atomic E-state index is 0.275. The maximum absolute atomic E-state index is 11.6. The summed E-state index contributed by atoms with van der Waals surface area (Å²) >= 11 is 0.814. The van der Waals surface area contributed by atoms with E-state index >= 15 is 0 Å². The van der Waals surface area contributed by atoms with Crippen molar-refractivity contribution >= 4 is 34.7 Å². The van der Waals surface area contributed by atoms with Gasteiger partial charge in [0.25, 0.3) is 11.1 Å². The molecule has 1 fully saturated rings. The van der Waals surface area contributed by atoms with Crippen molar-refractivity contribution in [1.29, 1.82) is 0 Å². The molecule has 2 aromatic rings. The normalized spacial score (nSPS) is 15.6. The standard InChI is InChI=1S/C20H19N3O5S/c1-4-20(2,3)13-8-12(9-15(17(13)24)23(27)28)14-6-5-11(10-21-14)7-16-18(25)22-19(26)29-16/h5-10,24H,4H2,1-3H3,(H,22,25,26)/b16-7-. The number of carbonyl (C=O) groups excluding carboxylic acids is 2. The van der Waals surface area contributed by atoms with Crippen molar-refractivity contribution in [3.05, 3.63) is 56.6 Å². The monoisotopic (exact) mass is 413 g/mol. The van der Waals surface area contributed by atoms with Crippen molar-refractivity contribution in [1.82, 2.24) is 10.3 Å². The van der Waals surface area contributed by atoms with Crippen molar-refractivity contribution in [3.8, 4) is 17.0 Å². The lowest BCUT2D eigenvalue weighted by atomic mass is 9.80. The van der Waals surface area contributed by atoms with Crippen molar-refractivity contribution in [3.63, 3.8) is 0 Å². The first kappa shape index (κ1) is 20.5. The molecule has 1 saturated heterocycles. The summed E-state index contributed by atoms with van der Waals surface area (Å²) in [4.78, 5) is 38.3. The van der Waals surface area contributed by atoms with E-state index in [9.17, 15) is 24.8 Å². The highest BCUT2D eigenvalue weighted by molar-refractivity contribution is 8.18. The first-order valence-electron chi connectivity index (χ1n) is 8.85. The number of phenols is 1. The second kappa shape index (κ2) is 7.67. The Kier molecular flexibility index (Phi) is 5.43. The number of nitrogens with zero attached hydrogens (tertiary/aromatic N) is 2. The predicted octanol–water partition coefficient (Wildman–Crippen LogP) is 4.37. The Hall–Kier alpha value is -3.20. The number of nitro groups is 1. The molecule has 3 rings (SSSR count). The molecular weight excluding hydrogens is 394 g/mol. The fourth-order valence-electron chi connectivity index (χ4n) is 2.85. The number of imide groups is 1. The third kappa shape index (κ3) is 4.14. The van der Waals surface area contributed by atoms with Crippen LogP contribution in [0, 0.1) is 10.1 Å². The van der Waals surface area contributed by atoms with Crippen LogP contribution in [0.5, 0.6) is 5.75 Å². The van der Waals surface area contributed by atoms with Crippen LogP contribution in [-0.2, 0) is 10.2 Å². The summed E-state index contributed by atoms with van der Waals surface area (Å²) in [6, 6.07) is 6.38. The number of nitro benzene ring substituents is 1. The molecule has 0 radical (unpaired) electrons. The zero-order valence-electron chi connectivity index (χ0n) is 16.1. The SMILES string of the molecule is CCC(C)(C)c1cc(-c2ccc(/C=C3\SC(=O)NC3=O)cn2)cc([N+](=O)[O-])c1O. The van der Waals surface area contributed by atoms with Gasteiger partial charge in [-0.3, -0.25) is 30.0 Å². The average molecular weight is 413 g/mol. The molecule has 1 aromatic heterocycles. The van der Waals surface area contributed by atoms with Gasteiger partial charge in [0.05, 0.1) is 15.5 Å². The molecule has 1 aliphatic heterocycles. The molecule has 0 spiro atoms. The molecule has 0 saturated carbocycles. The zero-order valence-corrected chi connectivity index (χ0v) is 16.9. The lowest BCUT2D eigenvalue weighted by Crippen LogP contribution is -2.17. The maximum Gasteiger partial charge on any atom is 0.311 e. The van der Waals surface area contributed by atoms with E-state index in [1.807, 2.05) is 20.8 Å². The van der Waals surface area contributed by atoms with Gasteiger partial charge in [-0.2, -0.15) is 0 Å².